The normalized spacial score (nSPS) is 15.5. The van der Waals surface area contributed by atoms with Gasteiger partial charge in [-0.25, -0.2) is 13.4 Å². The molecular formula is C24H34N6O6S. The molecule has 2 aromatic heterocycles. The molecule has 13 heteroatoms. The summed E-state index contributed by atoms with van der Waals surface area (Å²) >= 11 is 0. The number of hydrogen-bond donors (Lipinski definition) is 3. The van der Waals surface area contributed by atoms with Gasteiger partial charge in [0, 0.05) is 46.0 Å². The van der Waals surface area contributed by atoms with Crippen LogP contribution in [0.1, 0.15) is 25.8 Å². The van der Waals surface area contributed by atoms with E-state index in [0.717, 1.165) is 18.4 Å². The van der Waals surface area contributed by atoms with Crippen LogP contribution in [-0.4, -0.2) is 83.3 Å². The van der Waals surface area contributed by atoms with E-state index in [9.17, 15) is 13.2 Å². The number of fused-ring (bicyclic) bond motifs is 1. The minimum Gasteiger partial charge on any atom is -0.493 e. The highest BCUT2D eigenvalue weighted by Crippen LogP contribution is 2.32. The summed E-state index contributed by atoms with van der Waals surface area (Å²) < 4.78 is 36.1. The van der Waals surface area contributed by atoms with Crippen LogP contribution in [0.4, 0.5) is 0 Å². The average molecular weight is 535 g/mol. The fraction of sp³-hybridized carbons (Fsp3) is 0.500. The lowest BCUT2D eigenvalue weighted by molar-refractivity contribution is -0.130. The number of hydrogen-bond acceptors (Lipinski definition) is 9. The Hall–Kier alpha value is -2.81. The smallest absolute Gasteiger partial charge is 0.275 e. The fourth-order valence-corrected chi connectivity index (χ4v) is 6.11. The number of piperazine rings is 1. The van der Waals surface area contributed by atoms with Crippen molar-refractivity contribution in [1.29, 1.82) is 0 Å². The van der Waals surface area contributed by atoms with Gasteiger partial charge in [-0.3, -0.25) is 19.7 Å². The molecule has 3 N–H and O–H groups in total. The number of nitrogens with one attached hydrogen (secondary N) is 2. The Morgan fingerprint density at radius 2 is 1.95 bits per heavy atom. The molecular weight excluding hydrogens is 500 g/mol. The predicted octanol–water partition coefficient (Wildman–Crippen LogP) is 1.50. The third-order valence-corrected chi connectivity index (χ3v) is 8.36. The number of benzene rings is 1. The first kappa shape index (κ1) is 27.2. The van der Waals surface area contributed by atoms with Gasteiger partial charge in [0.2, 0.25) is 10.0 Å². The molecule has 1 aliphatic rings. The molecule has 37 heavy (non-hydrogen) atoms. The number of aryl methyl sites for hydroxylation is 2. The van der Waals surface area contributed by atoms with E-state index >= 15 is 0 Å². The minimum absolute atomic E-state index is 0.108. The monoisotopic (exact) mass is 534 g/mol. The van der Waals surface area contributed by atoms with Crippen LogP contribution in [0.15, 0.2) is 34.1 Å². The fourth-order valence-electron chi connectivity index (χ4n) is 4.66. The van der Waals surface area contributed by atoms with E-state index in [1.54, 1.807) is 16.3 Å². The maximum Gasteiger partial charge on any atom is 0.275 e. The summed E-state index contributed by atoms with van der Waals surface area (Å²) in [7, 11) is -1.98. The van der Waals surface area contributed by atoms with E-state index in [-0.39, 0.29) is 22.9 Å². The SMILES string of the molecule is CCCc1cn(C)c2c(=O)[nH]c(-c3cc(S(=O)(=O)N4CCN(CCONO)CC4)ccc3OCC)nc12. The summed E-state index contributed by atoms with van der Waals surface area (Å²) in [5.41, 5.74) is 3.82. The molecule has 12 nitrogen and oxygen atoms in total. The summed E-state index contributed by atoms with van der Waals surface area (Å²) in [5, 5.41) is 8.52. The first-order valence-electron chi connectivity index (χ1n) is 12.4. The van der Waals surface area contributed by atoms with Gasteiger partial charge < -0.3 is 14.3 Å². The van der Waals surface area contributed by atoms with E-state index < -0.39 is 10.0 Å². The van der Waals surface area contributed by atoms with Crippen LogP contribution in [0.3, 0.4) is 0 Å². The topological polar surface area (TPSA) is 142 Å². The third-order valence-electron chi connectivity index (χ3n) is 6.47. The minimum atomic E-state index is -3.79. The van der Waals surface area contributed by atoms with Gasteiger partial charge in [-0.1, -0.05) is 19.0 Å². The van der Waals surface area contributed by atoms with Crippen molar-refractivity contribution >= 4 is 21.1 Å². The molecule has 1 saturated heterocycles. The Bertz CT molecular complexity index is 1390. The van der Waals surface area contributed by atoms with Crippen molar-refractivity contribution in [1.82, 2.24) is 29.4 Å². The number of sulfonamides is 1. The number of aromatic nitrogens is 3. The van der Waals surface area contributed by atoms with Crippen molar-refractivity contribution < 1.29 is 23.2 Å². The van der Waals surface area contributed by atoms with Gasteiger partial charge in [0.05, 0.1) is 29.2 Å². The maximum absolute atomic E-state index is 13.5. The van der Waals surface area contributed by atoms with Gasteiger partial charge in [-0.05, 0) is 37.1 Å². The lowest BCUT2D eigenvalue weighted by Crippen LogP contribution is -2.49. The summed E-state index contributed by atoms with van der Waals surface area (Å²) in [5.74, 6) is 0.711. The first-order chi connectivity index (χ1) is 17.8. The van der Waals surface area contributed by atoms with Crippen LogP contribution in [-0.2, 0) is 28.3 Å². The Morgan fingerprint density at radius 3 is 2.62 bits per heavy atom. The number of aromatic amines is 1. The zero-order valence-electron chi connectivity index (χ0n) is 21.4. The molecule has 1 fully saturated rings. The van der Waals surface area contributed by atoms with Gasteiger partial charge in [-0.15, -0.1) is 0 Å². The van der Waals surface area contributed by atoms with E-state index in [2.05, 4.69) is 16.8 Å². The molecule has 202 valence electrons. The Labute approximate surface area is 215 Å². The van der Waals surface area contributed by atoms with Crippen LogP contribution < -0.4 is 15.9 Å². The number of nitrogens with zero attached hydrogens (tertiary/aromatic N) is 4. The zero-order chi connectivity index (χ0) is 26.6. The predicted molar refractivity (Wildman–Crippen MR) is 138 cm³/mol. The highest BCUT2D eigenvalue weighted by molar-refractivity contribution is 7.89. The molecule has 3 aromatic rings. The second-order valence-corrected chi connectivity index (χ2v) is 10.8. The highest BCUT2D eigenvalue weighted by atomic mass is 32.2. The van der Waals surface area contributed by atoms with E-state index in [1.165, 1.54) is 16.4 Å². The quantitative estimate of drug-likeness (QED) is 0.246. The van der Waals surface area contributed by atoms with Crippen LogP contribution in [0.5, 0.6) is 5.75 Å². The van der Waals surface area contributed by atoms with Crippen molar-refractivity contribution in [2.75, 3.05) is 45.9 Å². The van der Waals surface area contributed by atoms with Crippen LogP contribution in [0.25, 0.3) is 22.4 Å². The van der Waals surface area contributed by atoms with Crippen molar-refractivity contribution in [2.24, 2.45) is 7.05 Å². The standard InChI is InChI=1S/C24H34N6O6S/c1-4-6-17-16-28(3)22-21(17)25-23(26-24(22)31)19-15-18(7-8-20(19)35-5-2)37(33,34)30-11-9-29(10-12-30)13-14-36-27-32/h7-8,15-16,27,32H,4-6,9-14H2,1-3H3,(H,25,26,31). The first-order valence-corrected chi connectivity index (χ1v) is 13.8. The van der Waals surface area contributed by atoms with E-state index in [4.69, 9.17) is 19.8 Å². The van der Waals surface area contributed by atoms with E-state index in [1.807, 2.05) is 20.2 Å². The third kappa shape index (κ3) is 5.71. The average Bonchev–Trinajstić information content (AvgIpc) is 3.20. The second kappa shape index (κ2) is 11.7. The van der Waals surface area contributed by atoms with Gasteiger partial charge >= 0.3 is 0 Å². The molecule has 3 heterocycles. The molecule has 0 saturated carbocycles. The Balaban J connectivity index is 1.69. The maximum atomic E-state index is 13.5. The largest absolute Gasteiger partial charge is 0.493 e. The summed E-state index contributed by atoms with van der Waals surface area (Å²) in [6, 6.07) is 4.67. The van der Waals surface area contributed by atoms with Crippen molar-refractivity contribution in [3.05, 3.63) is 40.3 Å². The molecule has 0 unspecified atom stereocenters. The molecule has 0 spiro atoms. The van der Waals surface area contributed by atoms with E-state index in [0.29, 0.717) is 61.7 Å². The molecule has 0 amide bonds. The van der Waals surface area contributed by atoms with Crippen LogP contribution in [0.2, 0.25) is 0 Å². The lowest BCUT2D eigenvalue weighted by Gasteiger charge is -2.33. The Kier molecular flexibility index (Phi) is 8.62. The van der Waals surface area contributed by atoms with Gasteiger partial charge in [0.15, 0.2) is 0 Å². The molecule has 1 aromatic carbocycles. The summed E-state index contributed by atoms with van der Waals surface area (Å²) in [6.45, 7) is 6.84. The van der Waals surface area contributed by atoms with Crippen LogP contribution in [0, 0.1) is 0 Å². The Morgan fingerprint density at radius 1 is 1.19 bits per heavy atom. The molecule has 0 radical (unpaired) electrons. The molecule has 0 atom stereocenters. The van der Waals surface area contributed by atoms with Crippen molar-refractivity contribution in [2.45, 2.75) is 31.6 Å². The molecule has 0 aliphatic carbocycles. The lowest BCUT2D eigenvalue weighted by atomic mass is 10.1. The van der Waals surface area contributed by atoms with Gasteiger partial charge in [0.1, 0.15) is 17.1 Å². The van der Waals surface area contributed by atoms with Crippen molar-refractivity contribution in [3.8, 4) is 17.1 Å². The van der Waals surface area contributed by atoms with Crippen molar-refractivity contribution in [3.63, 3.8) is 0 Å². The second-order valence-electron chi connectivity index (χ2n) is 8.90. The summed E-state index contributed by atoms with van der Waals surface area (Å²) in [6.07, 6.45) is 3.59. The number of ether oxygens (including phenoxy) is 1. The molecule has 0 bridgehead atoms. The van der Waals surface area contributed by atoms with Gasteiger partial charge in [-0.2, -0.15) is 4.31 Å². The highest BCUT2D eigenvalue weighted by Gasteiger charge is 2.29. The number of rotatable bonds is 11. The zero-order valence-corrected chi connectivity index (χ0v) is 22.2. The molecule has 1 aliphatic heterocycles. The number of H-pyrrole nitrogens is 1. The van der Waals surface area contributed by atoms with Gasteiger partial charge in [0.25, 0.3) is 5.56 Å². The summed E-state index contributed by atoms with van der Waals surface area (Å²) in [4.78, 5) is 27.5. The van der Waals surface area contributed by atoms with Crippen LogP contribution >= 0.6 is 0 Å². The molecule has 4 rings (SSSR count).